The Hall–Kier alpha value is -0.500. The predicted octanol–water partition coefficient (Wildman–Crippen LogP) is 2.34. The van der Waals surface area contributed by atoms with Crippen molar-refractivity contribution in [2.75, 3.05) is 6.61 Å². The number of rotatable bonds is 3. The zero-order valence-corrected chi connectivity index (χ0v) is 10.7. The number of aliphatic hydroxyl groups excluding tert-OH is 1. The molecule has 0 saturated heterocycles. The van der Waals surface area contributed by atoms with Crippen LogP contribution in [0.15, 0.2) is 16.6 Å². The fourth-order valence-electron chi connectivity index (χ4n) is 1.16. The molecule has 0 unspecified atom stereocenters. The molecular weight excluding hydrogens is 326 g/mol. The summed E-state index contributed by atoms with van der Waals surface area (Å²) in [5, 5.41) is 17.8. The van der Waals surface area contributed by atoms with E-state index in [1.807, 2.05) is 0 Å². The van der Waals surface area contributed by atoms with Crippen LogP contribution >= 0.6 is 28.3 Å². The monoisotopic (exact) mass is 335 g/mol. The Labute approximate surface area is 110 Å². The number of benzene rings is 1. The second kappa shape index (κ2) is 5.90. The zero-order chi connectivity index (χ0) is 12.5. The van der Waals surface area contributed by atoms with Crippen molar-refractivity contribution < 1.29 is 23.4 Å². The van der Waals surface area contributed by atoms with Crippen LogP contribution in [0.25, 0.3) is 0 Å². The molecule has 98 valence electrons. The van der Waals surface area contributed by atoms with Crippen LogP contribution in [0.3, 0.4) is 0 Å². The third-order valence-corrected chi connectivity index (χ3v) is 2.78. The third-order valence-electron chi connectivity index (χ3n) is 2.09. The summed E-state index contributed by atoms with van der Waals surface area (Å²) in [5.74, 6) is -5.65. The van der Waals surface area contributed by atoms with Gasteiger partial charge >= 0.3 is 0 Å². The lowest BCUT2D eigenvalue weighted by Gasteiger charge is -2.23. The molecule has 4 N–H and O–H groups in total. The van der Waals surface area contributed by atoms with Gasteiger partial charge < -0.3 is 15.9 Å². The van der Waals surface area contributed by atoms with Crippen molar-refractivity contribution in [3.8, 4) is 5.75 Å². The molecule has 3 nitrogen and oxygen atoms in total. The van der Waals surface area contributed by atoms with Crippen LogP contribution < -0.4 is 5.73 Å². The molecule has 0 fully saturated rings. The molecule has 0 aliphatic rings. The van der Waals surface area contributed by atoms with Gasteiger partial charge in [0, 0.05) is 10.0 Å². The van der Waals surface area contributed by atoms with E-state index in [1.165, 1.54) is 0 Å². The number of aliphatic hydroxyl groups is 1. The van der Waals surface area contributed by atoms with Gasteiger partial charge in [-0.3, -0.25) is 0 Å². The van der Waals surface area contributed by atoms with Gasteiger partial charge in [-0.05, 0) is 12.1 Å². The minimum Gasteiger partial charge on any atom is -0.505 e. The molecule has 0 saturated carbocycles. The summed E-state index contributed by atoms with van der Waals surface area (Å²) in [5.41, 5.74) is 4.71. The highest BCUT2D eigenvalue weighted by atomic mass is 79.9. The van der Waals surface area contributed by atoms with E-state index in [1.54, 1.807) is 0 Å². The van der Waals surface area contributed by atoms with E-state index >= 15 is 0 Å². The number of hydrogen-bond acceptors (Lipinski definition) is 3. The van der Waals surface area contributed by atoms with E-state index in [9.17, 15) is 18.3 Å². The fourth-order valence-corrected chi connectivity index (χ4v) is 1.73. The minimum absolute atomic E-state index is 0. The van der Waals surface area contributed by atoms with Crippen LogP contribution in [-0.4, -0.2) is 22.7 Å². The molecule has 17 heavy (non-hydrogen) atoms. The largest absolute Gasteiger partial charge is 0.505 e. The van der Waals surface area contributed by atoms with E-state index in [0.717, 1.165) is 12.1 Å². The highest BCUT2D eigenvalue weighted by Gasteiger charge is 2.40. The van der Waals surface area contributed by atoms with Crippen molar-refractivity contribution >= 4 is 28.3 Å². The second-order valence-corrected chi connectivity index (χ2v) is 4.04. The Morgan fingerprint density at radius 2 is 1.94 bits per heavy atom. The Kier molecular flexibility index (Phi) is 5.73. The molecule has 0 radical (unpaired) electrons. The number of alkyl halides is 2. The highest BCUT2D eigenvalue weighted by molar-refractivity contribution is 9.10. The van der Waals surface area contributed by atoms with Crippen LogP contribution in [0.1, 0.15) is 11.6 Å². The van der Waals surface area contributed by atoms with Crippen molar-refractivity contribution in [1.82, 2.24) is 0 Å². The molecular formula is C9H10BrClF3NO2. The predicted molar refractivity (Wildman–Crippen MR) is 62.0 cm³/mol. The van der Waals surface area contributed by atoms with Crippen molar-refractivity contribution in [3.05, 3.63) is 28.0 Å². The second-order valence-electron chi connectivity index (χ2n) is 3.19. The van der Waals surface area contributed by atoms with E-state index in [-0.39, 0.29) is 16.9 Å². The molecule has 0 aliphatic carbocycles. The number of halogens is 5. The number of aromatic hydroxyl groups is 1. The summed E-state index contributed by atoms with van der Waals surface area (Å²) in [6.45, 7) is -1.49. The van der Waals surface area contributed by atoms with E-state index in [2.05, 4.69) is 15.9 Å². The van der Waals surface area contributed by atoms with Crippen molar-refractivity contribution in [1.29, 1.82) is 0 Å². The van der Waals surface area contributed by atoms with Gasteiger partial charge in [-0.15, -0.1) is 12.4 Å². The number of phenols is 1. The van der Waals surface area contributed by atoms with Crippen LogP contribution in [0.4, 0.5) is 13.2 Å². The van der Waals surface area contributed by atoms with Gasteiger partial charge in [0.1, 0.15) is 12.6 Å². The zero-order valence-electron chi connectivity index (χ0n) is 8.33. The summed E-state index contributed by atoms with van der Waals surface area (Å²) in [6.07, 6.45) is 0. The first kappa shape index (κ1) is 16.5. The number of phenolic OH excluding ortho intramolecular Hbond substituents is 1. The molecule has 0 aliphatic heterocycles. The maximum atomic E-state index is 13.1. The molecule has 0 spiro atoms. The van der Waals surface area contributed by atoms with Gasteiger partial charge in [-0.1, -0.05) is 15.9 Å². The standard InChI is InChI=1S/C9H9BrF3NO2.ClH/c10-4-1-2-5(11)7(16)6(4)8(14)9(12,13)3-15;/h1-2,8,15-16H,3,14H2;1H/t8-;/m0./s1. The Morgan fingerprint density at radius 1 is 1.41 bits per heavy atom. The summed E-state index contributed by atoms with van der Waals surface area (Å²) in [6, 6.07) is 0.0623. The summed E-state index contributed by atoms with van der Waals surface area (Å²) in [7, 11) is 0. The lowest BCUT2D eigenvalue weighted by atomic mass is 10.0. The van der Waals surface area contributed by atoms with Crippen molar-refractivity contribution in [3.63, 3.8) is 0 Å². The van der Waals surface area contributed by atoms with Gasteiger partial charge in [-0.2, -0.15) is 0 Å². The molecule has 1 aromatic rings. The lowest BCUT2D eigenvalue weighted by molar-refractivity contribution is -0.0718. The maximum Gasteiger partial charge on any atom is 0.289 e. The average Bonchev–Trinajstić information content (AvgIpc) is 2.24. The Balaban J connectivity index is 0.00000256. The fraction of sp³-hybridized carbons (Fsp3) is 0.333. The minimum atomic E-state index is -3.65. The molecule has 1 atom stereocenters. The van der Waals surface area contributed by atoms with Gasteiger partial charge in [0.25, 0.3) is 5.92 Å². The molecule has 1 aromatic carbocycles. The van der Waals surface area contributed by atoms with Crippen LogP contribution in [0.5, 0.6) is 5.75 Å². The number of hydrogen-bond donors (Lipinski definition) is 3. The molecule has 0 aromatic heterocycles. The van der Waals surface area contributed by atoms with Crippen LogP contribution in [0, 0.1) is 5.82 Å². The summed E-state index contributed by atoms with van der Waals surface area (Å²) >= 11 is 2.88. The van der Waals surface area contributed by atoms with E-state index < -0.39 is 35.7 Å². The first-order chi connectivity index (χ1) is 7.31. The van der Waals surface area contributed by atoms with Gasteiger partial charge in [0.05, 0.1) is 0 Å². The average molecular weight is 337 g/mol. The summed E-state index contributed by atoms with van der Waals surface area (Å²) in [4.78, 5) is 0. The molecule has 1 rings (SSSR count). The first-order valence-electron chi connectivity index (χ1n) is 4.22. The normalized spacial score (nSPS) is 13.1. The topological polar surface area (TPSA) is 66.5 Å². The quantitative estimate of drug-likeness (QED) is 0.794. The maximum absolute atomic E-state index is 13.1. The van der Waals surface area contributed by atoms with E-state index in [4.69, 9.17) is 10.8 Å². The first-order valence-corrected chi connectivity index (χ1v) is 5.01. The smallest absolute Gasteiger partial charge is 0.289 e. The molecule has 0 bridgehead atoms. The Bertz CT molecular complexity index is 406. The summed E-state index contributed by atoms with van der Waals surface area (Å²) < 4.78 is 39.2. The van der Waals surface area contributed by atoms with Crippen LogP contribution in [0.2, 0.25) is 0 Å². The van der Waals surface area contributed by atoms with Crippen LogP contribution in [-0.2, 0) is 0 Å². The molecule has 0 amide bonds. The van der Waals surface area contributed by atoms with Crippen molar-refractivity contribution in [2.45, 2.75) is 12.0 Å². The molecule has 8 heteroatoms. The van der Waals surface area contributed by atoms with Crippen molar-refractivity contribution in [2.24, 2.45) is 5.73 Å². The number of nitrogens with two attached hydrogens (primary N) is 1. The van der Waals surface area contributed by atoms with Gasteiger partial charge in [0.15, 0.2) is 11.6 Å². The highest BCUT2D eigenvalue weighted by Crippen LogP contribution is 2.39. The SMILES string of the molecule is Cl.N[C@@H](c1c(Br)ccc(F)c1O)C(F)(F)CO. The van der Waals surface area contributed by atoms with Gasteiger partial charge in [-0.25, -0.2) is 13.2 Å². The lowest BCUT2D eigenvalue weighted by Crippen LogP contribution is -2.36. The molecule has 0 heterocycles. The third kappa shape index (κ3) is 3.25. The van der Waals surface area contributed by atoms with E-state index in [0.29, 0.717) is 0 Å². The Morgan fingerprint density at radius 3 is 2.41 bits per heavy atom. The van der Waals surface area contributed by atoms with Gasteiger partial charge in [0.2, 0.25) is 0 Å².